The molecule has 1 heterocycles. The number of fused-ring (bicyclic) bond motifs is 2. The Labute approximate surface area is 210 Å². The lowest BCUT2D eigenvalue weighted by atomic mass is 10.0. The molecule has 0 saturated heterocycles. The summed E-state index contributed by atoms with van der Waals surface area (Å²) < 4.78 is 6.52. The smallest absolute Gasteiger partial charge is 0.305 e. The molecule has 7 heteroatoms. The molecule has 0 amide bonds. The number of nitrogens with one attached hydrogen (secondary N) is 2. The zero-order valence-corrected chi connectivity index (χ0v) is 21.0. The Morgan fingerprint density at radius 1 is 0.853 bits per heavy atom. The maximum Gasteiger partial charge on any atom is 0.305 e. The van der Waals surface area contributed by atoms with E-state index in [2.05, 4.69) is 52.8 Å². The van der Waals surface area contributed by atoms with Gasteiger partial charge in [-0.1, -0.05) is 72.7 Å². The number of rotatable bonds is 13. The molecule has 0 atom stereocenters. The summed E-state index contributed by atoms with van der Waals surface area (Å²) in [6.45, 7) is 3.45. The predicted molar refractivity (Wildman–Crippen MR) is 145 cm³/mol. The van der Waals surface area contributed by atoms with Crippen molar-refractivity contribution in [1.82, 2.24) is 10.3 Å². The molecular weight excluding hydrogens is 468 g/mol. The Balaban J connectivity index is 0.00000324. The number of ether oxygens (including phenoxy) is 1. The Bertz CT molecular complexity index is 1230. The molecule has 4 aromatic rings. The van der Waals surface area contributed by atoms with Gasteiger partial charge in [0.05, 0.1) is 16.8 Å². The molecule has 1 aromatic heterocycles. The van der Waals surface area contributed by atoms with E-state index < -0.39 is 0 Å². The molecule has 0 aliphatic carbocycles. The minimum absolute atomic E-state index is 0. The summed E-state index contributed by atoms with van der Waals surface area (Å²) in [4.78, 5) is 14.3. The van der Waals surface area contributed by atoms with E-state index >= 15 is 0 Å². The van der Waals surface area contributed by atoms with Crippen molar-refractivity contribution in [1.29, 1.82) is 0 Å². The van der Waals surface area contributed by atoms with Gasteiger partial charge in [0.2, 0.25) is 0 Å². The van der Waals surface area contributed by atoms with E-state index in [0.717, 1.165) is 74.4 Å². The van der Waals surface area contributed by atoms with Crippen LogP contribution < -0.4 is 10.2 Å². The van der Waals surface area contributed by atoms with Crippen molar-refractivity contribution in [2.45, 2.75) is 38.5 Å². The van der Waals surface area contributed by atoms with Gasteiger partial charge in [-0.05, 0) is 66.7 Å². The highest BCUT2D eigenvalue weighted by atomic mass is 35.5. The summed E-state index contributed by atoms with van der Waals surface area (Å²) >= 11 is 1.06. The fourth-order valence-electron chi connectivity index (χ4n) is 4.23. The monoisotopic (exact) mass is 500 g/mol. The summed E-state index contributed by atoms with van der Waals surface area (Å²) in [6, 6.07) is 18.6. The summed E-state index contributed by atoms with van der Waals surface area (Å²) in [5.74, 6) is 0.169. The second-order valence-corrected chi connectivity index (χ2v) is 9.36. The number of aromatic amines is 1. The lowest BCUT2D eigenvalue weighted by Gasteiger charge is -2.08. The average molecular weight is 501 g/mol. The predicted octanol–water partition coefficient (Wildman–Crippen LogP) is 5.82. The number of aromatic hydroxyl groups is 1. The third kappa shape index (κ3) is 7.06. The molecule has 5 nitrogen and oxygen atoms in total. The first kappa shape index (κ1) is 26.2. The lowest BCUT2D eigenvalue weighted by Crippen LogP contribution is -2.18. The molecule has 0 radical (unpaired) electrons. The van der Waals surface area contributed by atoms with Crippen LogP contribution >= 0.6 is 23.7 Å². The van der Waals surface area contributed by atoms with Crippen molar-refractivity contribution < 1.29 is 9.84 Å². The van der Waals surface area contributed by atoms with Crippen molar-refractivity contribution in [2.75, 3.05) is 26.3 Å². The lowest BCUT2D eigenvalue weighted by molar-refractivity contribution is 0.133. The molecule has 3 N–H and O–H groups in total. The number of phenols is 1. The van der Waals surface area contributed by atoms with Crippen molar-refractivity contribution >= 4 is 44.7 Å². The first-order chi connectivity index (χ1) is 16.2. The maximum absolute atomic E-state index is 11.6. The van der Waals surface area contributed by atoms with Crippen LogP contribution in [0.5, 0.6) is 5.75 Å². The Morgan fingerprint density at radius 3 is 2.59 bits per heavy atom. The Kier molecular flexibility index (Phi) is 10.4. The highest BCUT2D eigenvalue weighted by molar-refractivity contribution is 7.16. The average Bonchev–Trinajstić information content (AvgIpc) is 3.23. The molecule has 0 saturated carbocycles. The van der Waals surface area contributed by atoms with Gasteiger partial charge in [0, 0.05) is 6.61 Å². The Hall–Kier alpha value is -2.38. The topological polar surface area (TPSA) is 74.4 Å². The van der Waals surface area contributed by atoms with E-state index in [4.69, 9.17) is 4.74 Å². The molecule has 0 spiro atoms. The SMILES string of the molecule is Cl.O=c1[nH]c2c(CCNCCCCCCOCCc3cccc4ccccc34)ccc(O)c2s1. The van der Waals surface area contributed by atoms with Gasteiger partial charge in [-0.2, -0.15) is 0 Å². The van der Waals surface area contributed by atoms with Crippen LogP contribution in [0.15, 0.2) is 59.4 Å². The molecule has 34 heavy (non-hydrogen) atoms. The molecule has 4 rings (SSSR count). The number of phenolic OH excluding ortho intramolecular Hbond substituents is 1. The van der Waals surface area contributed by atoms with Crippen LogP contribution in [0.25, 0.3) is 21.0 Å². The van der Waals surface area contributed by atoms with E-state index in [1.54, 1.807) is 6.07 Å². The first-order valence-corrected chi connectivity index (χ1v) is 12.6. The molecular formula is C27H33ClN2O3S. The van der Waals surface area contributed by atoms with Gasteiger partial charge in [0.25, 0.3) is 0 Å². The van der Waals surface area contributed by atoms with Crippen LogP contribution in [0.3, 0.4) is 0 Å². The normalized spacial score (nSPS) is 11.2. The van der Waals surface area contributed by atoms with Crippen LogP contribution in [0.2, 0.25) is 0 Å². The van der Waals surface area contributed by atoms with E-state index in [-0.39, 0.29) is 23.0 Å². The molecule has 0 aliphatic heterocycles. The third-order valence-electron chi connectivity index (χ3n) is 6.00. The summed E-state index contributed by atoms with van der Waals surface area (Å²) in [5.41, 5.74) is 3.19. The third-order valence-corrected chi connectivity index (χ3v) is 6.91. The van der Waals surface area contributed by atoms with Gasteiger partial charge >= 0.3 is 4.87 Å². The van der Waals surface area contributed by atoms with E-state index in [1.165, 1.54) is 29.2 Å². The quantitative estimate of drug-likeness (QED) is 0.202. The van der Waals surface area contributed by atoms with Gasteiger partial charge < -0.3 is 20.1 Å². The fourth-order valence-corrected chi connectivity index (χ4v) is 5.03. The van der Waals surface area contributed by atoms with Crippen molar-refractivity contribution in [3.05, 3.63) is 75.4 Å². The molecule has 0 aliphatic rings. The molecule has 0 bridgehead atoms. The number of H-pyrrole nitrogens is 1. The van der Waals surface area contributed by atoms with Gasteiger partial charge in [-0.3, -0.25) is 4.79 Å². The summed E-state index contributed by atoms with van der Waals surface area (Å²) in [5, 5.41) is 16.0. The first-order valence-electron chi connectivity index (χ1n) is 11.8. The second kappa shape index (κ2) is 13.5. The van der Waals surface area contributed by atoms with Crippen molar-refractivity contribution in [2.24, 2.45) is 0 Å². The number of benzene rings is 3. The fraction of sp³-hybridized carbons (Fsp3) is 0.370. The van der Waals surface area contributed by atoms with Gasteiger partial charge in [0.1, 0.15) is 5.75 Å². The summed E-state index contributed by atoms with van der Waals surface area (Å²) in [7, 11) is 0. The van der Waals surface area contributed by atoms with E-state index in [0.29, 0.717) is 4.70 Å². The van der Waals surface area contributed by atoms with Crippen LogP contribution in [0.4, 0.5) is 0 Å². The maximum atomic E-state index is 11.6. The van der Waals surface area contributed by atoms with Gasteiger partial charge in [-0.25, -0.2) is 0 Å². The van der Waals surface area contributed by atoms with Gasteiger partial charge in [-0.15, -0.1) is 12.4 Å². The largest absolute Gasteiger partial charge is 0.506 e. The highest BCUT2D eigenvalue weighted by Gasteiger charge is 2.09. The van der Waals surface area contributed by atoms with Crippen molar-refractivity contribution in [3.63, 3.8) is 0 Å². The number of aromatic nitrogens is 1. The number of thiazole rings is 1. The van der Waals surface area contributed by atoms with Crippen LogP contribution in [-0.4, -0.2) is 36.4 Å². The molecule has 0 fully saturated rings. The Morgan fingerprint density at radius 2 is 1.68 bits per heavy atom. The number of hydrogen-bond acceptors (Lipinski definition) is 5. The highest BCUT2D eigenvalue weighted by Crippen LogP contribution is 2.28. The minimum atomic E-state index is -0.127. The van der Waals surface area contributed by atoms with Crippen LogP contribution in [0, 0.1) is 0 Å². The number of halogens is 1. The second-order valence-electron chi connectivity index (χ2n) is 8.38. The van der Waals surface area contributed by atoms with Crippen molar-refractivity contribution in [3.8, 4) is 5.75 Å². The van der Waals surface area contributed by atoms with Crippen LogP contribution in [-0.2, 0) is 17.6 Å². The number of hydrogen-bond donors (Lipinski definition) is 3. The van der Waals surface area contributed by atoms with E-state index in [9.17, 15) is 9.90 Å². The number of unbranched alkanes of at least 4 members (excludes halogenated alkanes) is 3. The molecule has 182 valence electrons. The summed E-state index contributed by atoms with van der Waals surface area (Å²) in [6.07, 6.45) is 6.42. The zero-order chi connectivity index (χ0) is 22.9. The van der Waals surface area contributed by atoms with Gasteiger partial charge in [0.15, 0.2) is 0 Å². The van der Waals surface area contributed by atoms with E-state index in [1.807, 2.05) is 6.07 Å². The van der Waals surface area contributed by atoms with Crippen LogP contribution in [0.1, 0.15) is 36.8 Å². The molecule has 3 aromatic carbocycles. The zero-order valence-electron chi connectivity index (χ0n) is 19.3. The minimum Gasteiger partial charge on any atom is -0.506 e. The molecule has 0 unspecified atom stereocenters. The standard InChI is InChI=1S/C27H32N2O3S.ClH/c30-24-13-12-22(25-26(24)33-27(31)29-25)14-17-28-16-5-1-2-6-18-32-19-15-21-10-7-9-20-8-3-4-11-23(20)21;/h3-4,7-13,28,30H,1-2,5-6,14-19H2,(H,29,31);1H.